The Morgan fingerprint density at radius 3 is 2.46 bits per heavy atom. The van der Waals surface area contributed by atoms with Crippen LogP contribution in [0.1, 0.15) is 76.7 Å². The molecule has 37 heavy (non-hydrogen) atoms. The maximum absolute atomic E-state index is 12.1. The summed E-state index contributed by atoms with van der Waals surface area (Å²) >= 11 is 0. The van der Waals surface area contributed by atoms with E-state index in [4.69, 9.17) is 19.2 Å². The van der Waals surface area contributed by atoms with Crippen molar-refractivity contribution in [3.8, 4) is 5.75 Å². The number of fused-ring (bicyclic) bond motifs is 2. The van der Waals surface area contributed by atoms with Gasteiger partial charge in [-0.2, -0.15) is 0 Å². The molecule has 2 bridgehead atoms. The molecule has 1 N–H and O–H groups in total. The molecule has 0 spiro atoms. The molecule has 4 unspecified atom stereocenters. The standard InChI is InChI=1S/C30H45NO6/c1-21-17-25-20-30(18-21,29(32)33)19-22(2)28(25)37-36-27-9-5-24(6-10-27)23-3-7-26(8-4-23)35-16-13-31-11-14-34-15-12-31/h3-4,7-8,21-22,24-25,27-28H,5-6,9-20H2,1-2H3,(H,32,33)/t21?,22?,24-,25?,27+,28-,30?/m0/s1. The summed E-state index contributed by atoms with van der Waals surface area (Å²) in [7, 11) is 0. The average molecular weight is 516 g/mol. The summed E-state index contributed by atoms with van der Waals surface area (Å²) in [5.41, 5.74) is 0.810. The summed E-state index contributed by atoms with van der Waals surface area (Å²) in [6.45, 7) is 9.59. The van der Waals surface area contributed by atoms with E-state index in [0.29, 0.717) is 24.9 Å². The van der Waals surface area contributed by atoms with Crippen LogP contribution in [0.2, 0.25) is 0 Å². The molecule has 1 aromatic carbocycles. The largest absolute Gasteiger partial charge is 0.492 e. The molecule has 1 saturated heterocycles. The monoisotopic (exact) mass is 515 g/mol. The van der Waals surface area contributed by atoms with Crippen molar-refractivity contribution < 1.29 is 29.1 Å². The Kier molecular flexibility index (Phi) is 8.74. The number of rotatable bonds is 9. The van der Waals surface area contributed by atoms with Gasteiger partial charge in [0.1, 0.15) is 12.4 Å². The molecule has 206 valence electrons. The third-order valence-corrected chi connectivity index (χ3v) is 9.40. The summed E-state index contributed by atoms with van der Waals surface area (Å²) in [5, 5.41) is 9.93. The molecule has 0 aromatic heterocycles. The van der Waals surface area contributed by atoms with Crippen LogP contribution in [-0.4, -0.2) is 67.6 Å². The Hall–Kier alpha value is -1.67. The lowest BCUT2D eigenvalue weighted by atomic mass is 9.56. The first kappa shape index (κ1) is 26.9. The third kappa shape index (κ3) is 6.49. The zero-order chi connectivity index (χ0) is 25.8. The number of hydrogen-bond acceptors (Lipinski definition) is 6. The molecule has 5 atom stereocenters. The van der Waals surface area contributed by atoms with Gasteiger partial charge < -0.3 is 14.6 Å². The highest BCUT2D eigenvalue weighted by atomic mass is 17.2. The second-order valence-electron chi connectivity index (χ2n) is 12.3. The minimum absolute atomic E-state index is 0.00346. The van der Waals surface area contributed by atoms with E-state index < -0.39 is 11.4 Å². The van der Waals surface area contributed by atoms with E-state index in [1.165, 1.54) is 5.56 Å². The molecular weight excluding hydrogens is 470 g/mol. The number of benzene rings is 1. The van der Waals surface area contributed by atoms with Gasteiger partial charge in [0.05, 0.1) is 30.8 Å². The number of nitrogens with zero attached hydrogens (tertiary/aromatic N) is 1. The number of hydrogen-bond donors (Lipinski definition) is 1. The van der Waals surface area contributed by atoms with Crippen LogP contribution in [0.25, 0.3) is 0 Å². The first-order valence-electron chi connectivity index (χ1n) is 14.5. The summed E-state index contributed by atoms with van der Waals surface area (Å²) in [6.07, 6.45) is 7.54. The third-order valence-electron chi connectivity index (χ3n) is 9.40. The fraction of sp³-hybridized carbons (Fsp3) is 0.767. The number of ether oxygens (including phenoxy) is 2. The van der Waals surface area contributed by atoms with Gasteiger partial charge in [-0.25, -0.2) is 9.78 Å². The number of carboxylic acid groups (broad SMARTS) is 1. The van der Waals surface area contributed by atoms with E-state index >= 15 is 0 Å². The highest BCUT2D eigenvalue weighted by molar-refractivity contribution is 5.75. The van der Waals surface area contributed by atoms with Crippen molar-refractivity contribution in [2.75, 3.05) is 39.5 Å². The normalized spacial score (nSPS) is 36.7. The molecule has 0 amide bonds. The molecule has 1 aliphatic heterocycles. The molecule has 1 aromatic rings. The molecule has 7 nitrogen and oxygen atoms in total. The number of carbonyl (C=O) groups is 1. The van der Waals surface area contributed by atoms with Crippen molar-refractivity contribution in [1.82, 2.24) is 4.90 Å². The Morgan fingerprint density at radius 1 is 1.03 bits per heavy atom. The number of aliphatic carboxylic acids is 1. The first-order valence-corrected chi connectivity index (χ1v) is 14.5. The summed E-state index contributed by atoms with van der Waals surface area (Å²) in [5.74, 6) is 1.76. The zero-order valence-corrected chi connectivity index (χ0v) is 22.6. The molecule has 4 fully saturated rings. The Balaban J connectivity index is 1.04. The van der Waals surface area contributed by atoms with Crippen molar-refractivity contribution in [2.45, 2.75) is 83.3 Å². The quantitative estimate of drug-likeness (QED) is 0.354. The minimum Gasteiger partial charge on any atom is -0.492 e. The Bertz CT molecular complexity index is 875. The lowest BCUT2D eigenvalue weighted by Gasteiger charge is -2.50. The maximum Gasteiger partial charge on any atom is 0.309 e. The van der Waals surface area contributed by atoms with Crippen molar-refractivity contribution in [3.63, 3.8) is 0 Å². The Morgan fingerprint density at radius 2 is 1.76 bits per heavy atom. The van der Waals surface area contributed by atoms with Crippen molar-refractivity contribution in [1.29, 1.82) is 0 Å². The summed E-state index contributed by atoms with van der Waals surface area (Å²) in [4.78, 5) is 26.6. The topological polar surface area (TPSA) is 77.5 Å². The van der Waals surface area contributed by atoms with Gasteiger partial charge in [0.15, 0.2) is 0 Å². The molecule has 7 heteroatoms. The van der Waals surface area contributed by atoms with E-state index in [1.54, 1.807) is 0 Å². The predicted molar refractivity (Wildman–Crippen MR) is 141 cm³/mol. The average Bonchev–Trinajstić information content (AvgIpc) is 2.89. The van der Waals surface area contributed by atoms with Crippen molar-refractivity contribution in [2.24, 2.45) is 23.2 Å². The van der Waals surface area contributed by atoms with Crippen molar-refractivity contribution in [3.05, 3.63) is 29.8 Å². The Labute approximate surface area is 221 Å². The second-order valence-corrected chi connectivity index (χ2v) is 12.3. The van der Waals surface area contributed by atoms with Gasteiger partial charge in [-0.1, -0.05) is 26.0 Å². The molecule has 1 heterocycles. The van der Waals surface area contributed by atoms with Gasteiger partial charge in [0.25, 0.3) is 0 Å². The minimum atomic E-state index is -0.624. The smallest absolute Gasteiger partial charge is 0.309 e. The van der Waals surface area contributed by atoms with Crippen LogP contribution in [0.15, 0.2) is 24.3 Å². The van der Waals surface area contributed by atoms with Crippen LogP contribution in [0.5, 0.6) is 5.75 Å². The molecule has 0 radical (unpaired) electrons. The number of morpholine rings is 1. The fourth-order valence-corrected chi connectivity index (χ4v) is 7.57. The van der Waals surface area contributed by atoms with Gasteiger partial charge >= 0.3 is 5.97 Å². The second kappa shape index (κ2) is 12.0. The maximum atomic E-state index is 12.1. The van der Waals surface area contributed by atoms with Gasteiger partial charge in [0, 0.05) is 19.6 Å². The van der Waals surface area contributed by atoms with Crippen LogP contribution in [0.4, 0.5) is 0 Å². The van der Waals surface area contributed by atoms with Crippen LogP contribution >= 0.6 is 0 Å². The lowest BCUT2D eigenvalue weighted by molar-refractivity contribution is -0.378. The fourth-order valence-electron chi connectivity index (χ4n) is 7.57. The lowest BCUT2D eigenvalue weighted by Crippen LogP contribution is -2.51. The van der Waals surface area contributed by atoms with E-state index in [1.807, 2.05) is 0 Å². The van der Waals surface area contributed by atoms with Crippen LogP contribution in [-0.2, 0) is 19.3 Å². The summed E-state index contributed by atoms with van der Waals surface area (Å²) < 4.78 is 11.4. The number of carboxylic acids is 1. The molecular formula is C30H45NO6. The van der Waals surface area contributed by atoms with Crippen LogP contribution in [0, 0.1) is 23.2 Å². The van der Waals surface area contributed by atoms with Gasteiger partial charge in [-0.3, -0.25) is 9.69 Å². The van der Waals surface area contributed by atoms with Gasteiger partial charge in [-0.15, -0.1) is 0 Å². The molecule has 3 aliphatic carbocycles. The molecule has 5 rings (SSSR count). The zero-order valence-electron chi connectivity index (χ0n) is 22.6. The van der Waals surface area contributed by atoms with E-state index in [2.05, 4.69) is 43.0 Å². The highest BCUT2D eigenvalue weighted by Crippen LogP contribution is 2.54. The molecule has 3 saturated carbocycles. The predicted octanol–water partition coefficient (Wildman–Crippen LogP) is 5.29. The van der Waals surface area contributed by atoms with Gasteiger partial charge in [0.2, 0.25) is 0 Å². The van der Waals surface area contributed by atoms with E-state index in [9.17, 15) is 9.90 Å². The van der Waals surface area contributed by atoms with Crippen molar-refractivity contribution >= 4 is 5.97 Å². The van der Waals surface area contributed by atoms with E-state index in [-0.39, 0.29) is 24.0 Å². The summed E-state index contributed by atoms with van der Waals surface area (Å²) in [6, 6.07) is 8.64. The molecule has 4 aliphatic rings. The van der Waals surface area contributed by atoms with E-state index in [0.717, 1.165) is 83.5 Å². The SMILES string of the molecule is CC1CC2CC(C(=O)O)(C1)CC(C)[C@@H]2OO[C@H]1CC[C@@H](c2ccc(OCCN3CCOCC3)cc2)CC1. The van der Waals surface area contributed by atoms with Crippen LogP contribution < -0.4 is 4.74 Å². The first-order chi connectivity index (χ1) is 17.9. The van der Waals surface area contributed by atoms with Gasteiger partial charge in [-0.05, 0) is 92.7 Å². The van der Waals surface area contributed by atoms with Crippen LogP contribution in [0.3, 0.4) is 0 Å². The highest BCUT2D eigenvalue weighted by Gasteiger charge is 2.53.